The molecule has 0 spiro atoms. The van der Waals surface area contributed by atoms with Crippen molar-refractivity contribution >= 4 is 29.6 Å². The van der Waals surface area contributed by atoms with Gasteiger partial charge in [0.15, 0.2) is 11.5 Å². The SMILES string of the molecule is CCOc1cc(/C=C2/C(=O)NC(=O)N(c3ccccc3F)C2=O)ccc1OCc1cccc(C)c1. The van der Waals surface area contributed by atoms with Gasteiger partial charge in [-0.2, -0.15) is 0 Å². The van der Waals surface area contributed by atoms with Gasteiger partial charge >= 0.3 is 6.03 Å². The molecule has 0 aromatic heterocycles. The topological polar surface area (TPSA) is 84.9 Å². The number of nitrogens with one attached hydrogen (secondary N) is 1. The van der Waals surface area contributed by atoms with Crippen molar-refractivity contribution in [3.63, 3.8) is 0 Å². The molecule has 1 fully saturated rings. The molecular formula is C27H23FN2O5. The van der Waals surface area contributed by atoms with Gasteiger partial charge in [-0.15, -0.1) is 0 Å². The third-order valence-electron chi connectivity index (χ3n) is 5.25. The number of ether oxygens (including phenoxy) is 2. The van der Waals surface area contributed by atoms with Crippen LogP contribution >= 0.6 is 0 Å². The number of aryl methyl sites for hydroxylation is 1. The zero-order chi connectivity index (χ0) is 24.9. The van der Waals surface area contributed by atoms with Crippen LogP contribution in [-0.4, -0.2) is 24.5 Å². The van der Waals surface area contributed by atoms with E-state index in [1.807, 2.05) is 38.1 Å². The van der Waals surface area contributed by atoms with Gasteiger partial charge in [-0.1, -0.05) is 48.0 Å². The Balaban J connectivity index is 1.62. The molecule has 0 saturated carbocycles. The summed E-state index contributed by atoms with van der Waals surface area (Å²) in [6, 6.07) is 17.2. The maximum absolute atomic E-state index is 14.3. The molecule has 1 heterocycles. The van der Waals surface area contributed by atoms with Crippen LogP contribution in [0.15, 0.2) is 72.3 Å². The fourth-order valence-electron chi connectivity index (χ4n) is 3.64. The highest BCUT2D eigenvalue weighted by Gasteiger charge is 2.37. The van der Waals surface area contributed by atoms with Gasteiger partial charge in [0, 0.05) is 0 Å². The monoisotopic (exact) mass is 474 g/mol. The molecule has 0 atom stereocenters. The summed E-state index contributed by atoms with van der Waals surface area (Å²) in [7, 11) is 0. The van der Waals surface area contributed by atoms with Crippen LogP contribution < -0.4 is 19.7 Å². The standard InChI is InChI=1S/C27H23FN2O5/c1-3-34-24-15-18(11-12-23(24)35-16-19-8-6-7-17(2)13-19)14-20-25(31)29-27(33)30(26(20)32)22-10-5-4-9-21(22)28/h4-15H,3,16H2,1-2H3,(H,29,31,33)/b20-14-. The molecule has 1 N–H and O–H groups in total. The van der Waals surface area contributed by atoms with E-state index in [-0.39, 0.29) is 11.3 Å². The Morgan fingerprint density at radius 1 is 0.943 bits per heavy atom. The lowest BCUT2D eigenvalue weighted by atomic mass is 10.1. The minimum absolute atomic E-state index is 0.247. The molecule has 8 heteroatoms. The molecule has 4 rings (SSSR count). The Bertz CT molecular complexity index is 1330. The summed E-state index contributed by atoms with van der Waals surface area (Å²) in [5.41, 5.74) is 2.03. The summed E-state index contributed by atoms with van der Waals surface area (Å²) >= 11 is 0. The van der Waals surface area contributed by atoms with Crippen molar-refractivity contribution in [2.24, 2.45) is 0 Å². The molecule has 0 bridgehead atoms. The van der Waals surface area contributed by atoms with Crippen LogP contribution in [0.2, 0.25) is 0 Å². The number of amides is 4. The number of barbiturate groups is 1. The van der Waals surface area contributed by atoms with E-state index in [0.29, 0.717) is 35.2 Å². The van der Waals surface area contributed by atoms with Crippen LogP contribution in [0, 0.1) is 12.7 Å². The van der Waals surface area contributed by atoms with Crippen LogP contribution in [0.3, 0.4) is 0 Å². The van der Waals surface area contributed by atoms with E-state index in [1.165, 1.54) is 24.3 Å². The third-order valence-corrected chi connectivity index (χ3v) is 5.25. The minimum Gasteiger partial charge on any atom is -0.490 e. The lowest BCUT2D eigenvalue weighted by molar-refractivity contribution is -0.122. The first-order valence-corrected chi connectivity index (χ1v) is 11.0. The Hall–Kier alpha value is -4.46. The van der Waals surface area contributed by atoms with Gasteiger partial charge in [0.2, 0.25) is 0 Å². The average Bonchev–Trinajstić information content (AvgIpc) is 2.82. The Morgan fingerprint density at radius 2 is 1.74 bits per heavy atom. The lowest BCUT2D eigenvalue weighted by Crippen LogP contribution is -2.54. The van der Waals surface area contributed by atoms with E-state index < -0.39 is 23.7 Å². The first-order chi connectivity index (χ1) is 16.9. The van der Waals surface area contributed by atoms with Crippen molar-refractivity contribution in [2.75, 3.05) is 11.5 Å². The summed E-state index contributed by atoms with van der Waals surface area (Å²) < 4.78 is 25.9. The van der Waals surface area contributed by atoms with Crippen molar-refractivity contribution in [3.05, 3.63) is 94.8 Å². The molecule has 1 saturated heterocycles. The quantitative estimate of drug-likeness (QED) is 0.394. The Labute approximate surface area is 201 Å². The van der Waals surface area contributed by atoms with Crippen molar-refractivity contribution in [1.29, 1.82) is 0 Å². The maximum atomic E-state index is 14.3. The third kappa shape index (κ3) is 5.22. The molecule has 3 aromatic rings. The Kier molecular flexibility index (Phi) is 6.91. The maximum Gasteiger partial charge on any atom is 0.336 e. The number of hydrogen-bond acceptors (Lipinski definition) is 5. The predicted octanol–water partition coefficient (Wildman–Crippen LogP) is 4.78. The fourth-order valence-corrected chi connectivity index (χ4v) is 3.64. The molecule has 178 valence electrons. The second kappa shape index (κ2) is 10.2. The molecule has 1 aliphatic rings. The molecule has 0 aliphatic carbocycles. The fraction of sp³-hybridized carbons (Fsp3) is 0.148. The number of rotatable bonds is 7. The molecule has 1 aliphatic heterocycles. The summed E-state index contributed by atoms with van der Waals surface area (Å²) in [6.45, 7) is 4.53. The molecule has 35 heavy (non-hydrogen) atoms. The van der Waals surface area contributed by atoms with Gasteiger partial charge < -0.3 is 9.47 Å². The van der Waals surface area contributed by atoms with Crippen LogP contribution in [0.25, 0.3) is 6.08 Å². The molecule has 0 radical (unpaired) electrons. The van der Waals surface area contributed by atoms with Crippen molar-refractivity contribution in [3.8, 4) is 11.5 Å². The number of carbonyl (C=O) groups excluding carboxylic acids is 3. The predicted molar refractivity (Wildman–Crippen MR) is 129 cm³/mol. The number of carbonyl (C=O) groups is 3. The first-order valence-electron chi connectivity index (χ1n) is 11.0. The van der Waals surface area contributed by atoms with E-state index in [2.05, 4.69) is 5.32 Å². The zero-order valence-electron chi connectivity index (χ0n) is 19.2. The second-order valence-electron chi connectivity index (χ2n) is 7.83. The summed E-state index contributed by atoms with van der Waals surface area (Å²) in [4.78, 5) is 38.4. The second-order valence-corrected chi connectivity index (χ2v) is 7.83. The van der Waals surface area contributed by atoms with Crippen molar-refractivity contribution < 1.29 is 28.2 Å². The largest absolute Gasteiger partial charge is 0.490 e. The molecular weight excluding hydrogens is 451 g/mol. The minimum atomic E-state index is -1.02. The number of anilines is 1. The number of para-hydroxylation sites is 1. The number of benzene rings is 3. The lowest BCUT2D eigenvalue weighted by Gasteiger charge is -2.26. The van der Waals surface area contributed by atoms with Crippen LogP contribution in [0.4, 0.5) is 14.9 Å². The normalized spacial score (nSPS) is 14.8. The highest BCUT2D eigenvalue weighted by Crippen LogP contribution is 2.31. The number of imide groups is 2. The van der Waals surface area contributed by atoms with E-state index >= 15 is 0 Å². The smallest absolute Gasteiger partial charge is 0.336 e. The van der Waals surface area contributed by atoms with Gasteiger partial charge in [-0.05, 0) is 55.3 Å². The van der Waals surface area contributed by atoms with Crippen molar-refractivity contribution in [1.82, 2.24) is 5.32 Å². The number of urea groups is 1. The van der Waals surface area contributed by atoms with E-state index in [4.69, 9.17) is 9.47 Å². The van der Waals surface area contributed by atoms with E-state index in [1.54, 1.807) is 18.2 Å². The highest BCUT2D eigenvalue weighted by atomic mass is 19.1. The van der Waals surface area contributed by atoms with Crippen molar-refractivity contribution in [2.45, 2.75) is 20.5 Å². The van der Waals surface area contributed by atoms with Gasteiger partial charge in [0.25, 0.3) is 11.8 Å². The van der Waals surface area contributed by atoms with Crippen LogP contribution in [-0.2, 0) is 16.2 Å². The van der Waals surface area contributed by atoms with Gasteiger partial charge in [0.05, 0.1) is 12.3 Å². The number of hydrogen-bond donors (Lipinski definition) is 1. The highest BCUT2D eigenvalue weighted by molar-refractivity contribution is 6.39. The Morgan fingerprint density at radius 3 is 2.49 bits per heavy atom. The summed E-state index contributed by atoms with van der Waals surface area (Å²) in [5, 5.41) is 2.09. The molecule has 7 nitrogen and oxygen atoms in total. The molecule has 0 unspecified atom stereocenters. The van der Waals surface area contributed by atoms with Gasteiger partial charge in [-0.3, -0.25) is 14.9 Å². The number of nitrogens with zero attached hydrogens (tertiary/aromatic N) is 1. The number of halogens is 1. The first kappa shape index (κ1) is 23.7. The molecule has 4 amide bonds. The van der Waals surface area contributed by atoms with Crippen LogP contribution in [0.5, 0.6) is 11.5 Å². The zero-order valence-corrected chi connectivity index (χ0v) is 19.2. The van der Waals surface area contributed by atoms with Gasteiger partial charge in [0.1, 0.15) is 18.0 Å². The van der Waals surface area contributed by atoms with E-state index in [9.17, 15) is 18.8 Å². The summed E-state index contributed by atoms with van der Waals surface area (Å²) in [5.74, 6) is -1.64. The van der Waals surface area contributed by atoms with Crippen LogP contribution in [0.1, 0.15) is 23.6 Å². The van der Waals surface area contributed by atoms with E-state index in [0.717, 1.165) is 17.2 Å². The van der Waals surface area contributed by atoms with Gasteiger partial charge in [-0.25, -0.2) is 14.1 Å². The average molecular weight is 474 g/mol. The summed E-state index contributed by atoms with van der Waals surface area (Å²) in [6.07, 6.45) is 1.32. The molecule has 3 aromatic carbocycles.